The number of hydrogen-bond donors (Lipinski definition) is 0. The van der Waals surface area contributed by atoms with Crippen LogP contribution in [0.15, 0.2) is 24.3 Å². The predicted molar refractivity (Wildman–Crippen MR) is 89.8 cm³/mol. The second kappa shape index (κ2) is 6.65. The molecule has 1 aliphatic heterocycles. The summed E-state index contributed by atoms with van der Waals surface area (Å²) in [6, 6.07) is 4.61. The predicted octanol–water partition coefficient (Wildman–Crippen LogP) is 3.57. The summed E-state index contributed by atoms with van der Waals surface area (Å²) in [7, 11) is 0. The maximum atomic E-state index is 12.6. The summed E-state index contributed by atoms with van der Waals surface area (Å²) >= 11 is 5.98. The zero-order chi connectivity index (χ0) is 18.1. The zero-order valence-corrected chi connectivity index (χ0v) is 14.6. The molecule has 6 nitrogen and oxygen atoms in total. The molecule has 1 aromatic carbocycles. The Kier molecular flexibility index (Phi) is 4.99. The number of ether oxygens (including phenoxy) is 2. The Morgan fingerprint density at radius 1 is 1.29 bits per heavy atom. The van der Waals surface area contributed by atoms with E-state index in [0.29, 0.717) is 16.3 Å². The van der Waals surface area contributed by atoms with Crippen LogP contribution in [0.1, 0.15) is 33.3 Å². The fourth-order valence-corrected chi connectivity index (χ4v) is 2.37. The van der Waals surface area contributed by atoms with Gasteiger partial charge in [-0.15, -0.1) is 0 Å². The molecule has 0 aromatic heterocycles. The Morgan fingerprint density at radius 3 is 2.54 bits per heavy atom. The Labute approximate surface area is 145 Å². The van der Waals surface area contributed by atoms with E-state index in [1.54, 1.807) is 33.8 Å². The molecule has 0 bridgehead atoms. The molecule has 128 valence electrons. The average molecular weight is 352 g/mol. The first-order valence-electron chi connectivity index (χ1n) is 7.40. The normalized spacial score (nSPS) is 15.5. The summed E-state index contributed by atoms with van der Waals surface area (Å²) in [5.41, 5.74) is -0.0326. The van der Waals surface area contributed by atoms with Gasteiger partial charge in [0, 0.05) is 16.7 Å². The van der Waals surface area contributed by atoms with Gasteiger partial charge in [-0.1, -0.05) is 11.6 Å². The van der Waals surface area contributed by atoms with Crippen molar-refractivity contribution in [2.45, 2.75) is 33.3 Å². The van der Waals surface area contributed by atoms with Crippen LogP contribution >= 0.6 is 11.6 Å². The molecule has 1 aliphatic rings. The summed E-state index contributed by atoms with van der Waals surface area (Å²) in [5.74, 6) is -1.33. The third-order valence-electron chi connectivity index (χ3n) is 3.05. The van der Waals surface area contributed by atoms with Crippen LogP contribution in [0, 0.1) is 0 Å². The maximum absolute atomic E-state index is 12.6. The topological polar surface area (TPSA) is 72.9 Å². The van der Waals surface area contributed by atoms with Crippen molar-refractivity contribution in [1.29, 1.82) is 0 Å². The van der Waals surface area contributed by atoms with E-state index in [-0.39, 0.29) is 12.2 Å². The highest BCUT2D eigenvalue weighted by molar-refractivity contribution is 6.41. The first-order valence-corrected chi connectivity index (χ1v) is 7.77. The number of imide groups is 1. The number of nitrogens with zero attached hydrogens (tertiary/aromatic N) is 1. The fourth-order valence-electron chi connectivity index (χ4n) is 2.19. The molecule has 0 saturated heterocycles. The van der Waals surface area contributed by atoms with Crippen molar-refractivity contribution < 1.29 is 23.9 Å². The minimum absolute atomic E-state index is 0.0387. The first-order chi connectivity index (χ1) is 11.1. The monoisotopic (exact) mass is 351 g/mol. The molecule has 0 radical (unpaired) electrons. The molecule has 7 heteroatoms. The van der Waals surface area contributed by atoms with E-state index in [1.165, 1.54) is 12.1 Å². The van der Waals surface area contributed by atoms with Crippen molar-refractivity contribution in [1.82, 2.24) is 0 Å². The second-order valence-electron chi connectivity index (χ2n) is 6.09. The number of halogens is 1. The SMILES string of the molecule is CCOC(=O)/C=C1/C(=O)N(C(=O)OC(C)(C)C)c2ccc(Cl)cc21. The molecule has 0 atom stereocenters. The lowest BCUT2D eigenvalue weighted by Gasteiger charge is -2.23. The molecular weight excluding hydrogens is 334 g/mol. The van der Waals surface area contributed by atoms with Gasteiger partial charge in [0.25, 0.3) is 5.91 Å². The van der Waals surface area contributed by atoms with Gasteiger partial charge < -0.3 is 9.47 Å². The Balaban J connectivity index is 2.48. The van der Waals surface area contributed by atoms with Crippen LogP contribution in [-0.4, -0.2) is 30.2 Å². The average Bonchev–Trinajstić information content (AvgIpc) is 2.70. The van der Waals surface area contributed by atoms with Crippen LogP contribution in [0.4, 0.5) is 10.5 Å². The number of hydrogen-bond acceptors (Lipinski definition) is 5. The van der Waals surface area contributed by atoms with Crippen LogP contribution in [-0.2, 0) is 19.1 Å². The number of rotatable bonds is 2. The van der Waals surface area contributed by atoms with E-state index in [4.69, 9.17) is 21.1 Å². The van der Waals surface area contributed by atoms with E-state index >= 15 is 0 Å². The quantitative estimate of drug-likeness (QED) is 0.601. The van der Waals surface area contributed by atoms with Crippen LogP contribution in [0.5, 0.6) is 0 Å². The summed E-state index contributed by atoms with van der Waals surface area (Å²) in [6.45, 7) is 6.93. The maximum Gasteiger partial charge on any atom is 0.422 e. The lowest BCUT2D eigenvalue weighted by molar-refractivity contribution is -0.137. The van der Waals surface area contributed by atoms with Crippen molar-refractivity contribution in [2.75, 3.05) is 11.5 Å². The van der Waals surface area contributed by atoms with Crippen molar-refractivity contribution in [3.05, 3.63) is 34.9 Å². The first kappa shape index (κ1) is 18.0. The van der Waals surface area contributed by atoms with E-state index in [0.717, 1.165) is 11.0 Å². The lowest BCUT2D eigenvalue weighted by Crippen LogP contribution is -2.38. The van der Waals surface area contributed by atoms with Crippen LogP contribution in [0.25, 0.3) is 5.57 Å². The molecule has 0 fully saturated rings. The third kappa shape index (κ3) is 3.76. The number of carbonyl (C=O) groups is 3. The largest absolute Gasteiger partial charge is 0.463 e. The highest BCUT2D eigenvalue weighted by atomic mass is 35.5. The fraction of sp³-hybridized carbons (Fsp3) is 0.353. The molecule has 24 heavy (non-hydrogen) atoms. The summed E-state index contributed by atoms with van der Waals surface area (Å²) < 4.78 is 10.1. The molecule has 0 unspecified atom stereocenters. The number of amides is 2. The van der Waals surface area contributed by atoms with Crippen molar-refractivity contribution in [2.24, 2.45) is 0 Å². The minimum Gasteiger partial charge on any atom is -0.463 e. The molecule has 2 rings (SSSR count). The molecule has 1 heterocycles. The Hall–Kier alpha value is -2.34. The van der Waals surface area contributed by atoms with Gasteiger partial charge in [0.15, 0.2) is 0 Å². The van der Waals surface area contributed by atoms with Gasteiger partial charge in [-0.3, -0.25) is 4.79 Å². The molecule has 0 saturated carbocycles. The van der Waals surface area contributed by atoms with Crippen LogP contribution in [0.2, 0.25) is 5.02 Å². The van der Waals surface area contributed by atoms with E-state index < -0.39 is 23.6 Å². The van der Waals surface area contributed by atoms with Gasteiger partial charge >= 0.3 is 12.1 Å². The molecular formula is C17H18ClNO5. The van der Waals surface area contributed by atoms with Crippen molar-refractivity contribution in [3.8, 4) is 0 Å². The molecule has 0 aliphatic carbocycles. The van der Waals surface area contributed by atoms with Gasteiger partial charge in [-0.2, -0.15) is 0 Å². The van der Waals surface area contributed by atoms with Gasteiger partial charge in [-0.05, 0) is 45.9 Å². The lowest BCUT2D eigenvalue weighted by atomic mass is 10.1. The standard InChI is InChI=1S/C17H18ClNO5/c1-5-23-14(20)9-12-11-8-10(18)6-7-13(11)19(15(12)21)16(22)24-17(2,3)4/h6-9H,5H2,1-4H3/b12-9+. The molecule has 1 aromatic rings. The zero-order valence-electron chi connectivity index (χ0n) is 13.9. The summed E-state index contributed by atoms with van der Waals surface area (Å²) in [4.78, 5) is 37.6. The van der Waals surface area contributed by atoms with Gasteiger partial charge in [0.1, 0.15) is 5.60 Å². The smallest absolute Gasteiger partial charge is 0.422 e. The van der Waals surface area contributed by atoms with Crippen molar-refractivity contribution in [3.63, 3.8) is 0 Å². The van der Waals surface area contributed by atoms with Crippen molar-refractivity contribution >= 4 is 40.8 Å². The Bertz CT molecular complexity index is 733. The molecule has 0 N–H and O–H groups in total. The van der Waals surface area contributed by atoms with Gasteiger partial charge in [-0.25, -0.2) is 14.5 Å². The van der Waals surface area contributed by atoms with E-state index in [2.05, 4.69) is 0 Å². The number of esters is 1. The second-order valence-corrected chi connectivity index (χ2v) is 6.53. The number of fused-ring (bicyclic) bond motifs is 1. The highest BCUT2D eigenvalue weighted by Crippen LogP contribution is 2.39. The van der Waals surface area contributed by atoms with Gasteiger partial charge in [0.05, 0.1) is 17.9 Å². The Morgan fingerprint density at radius 2 is 1.96 bits per heavy atom. The highest BCUT2D eigenvalue weighted by Gasteiger charge is 2.39. The third-order valence-corrected chi connectivity index (χ3v) is 3.28. The minimum atomic E-state index is -0.816. The van der Waals surface area contributed by atoms with Crippen LogP contribution < -0.4 is 4.90 Å². The molecule has 2 amide bonds. The summed E-state index contributed by atoms with van der Waals surface area (Å²) in [6.07, 6.45) is 0.245. The number of benzene rings is 1. The number of anilines is 1. The van der Waals surface area contributed by atoms with E-state index in [9.17, 15) is 14.4 Å². The number of carbonyl (C=O) groups excluding carboxylic acids is 3. The van der Waals surface area contributed by atoms with E-state index in [1.807, 2.05) is 0 Å². The summed E-state index contributed by atoms with van der Waals surface area (Å²) in [5, 5.41) is 0.377. The van der Waals surface area contributed by atoms with Crippen LogP contribution in [0.3, 0.4) is 0 Å². The molecule has 0 spiro atoms. The van der Waals surface area contributed by atoms with Gasteiger partial charge in [0.2, 0.25) is 0 Å².